The number of nitrogens with one attached hydrogen (secondary N) is 2. The van der Waals surface area contributed by atoms with Crippen molar-refractivity contribution in [3.63, 3.8) is 0 Å². The number of hydrogen-bond donors (Lipinski definition) is 2. The molecule has 5 fully saturated rings. The fourth-order valence-corrected chi connectivity index (χ4v) is 11.5. The molecule has 8 rings (SSSR count). The molecule has 0 bridgehead atoms. The Bertz CT molecular complexity index is 2030. The zero-order valence-corrected chi connectivity index (χ0v) is 37.9. The van der Waals surface area contributed by atoms with Crippen molar-refractivity contribution < 1.29 is 27.5 Å². The highest BCUT2D eigenvalue weighted by atomic mass is 35.5. The number of benzene rings is 3. The lowest BCUT2D eigenvalue weighted by atomic mass is 9.95. The predicted molar refractivity (Wildman–Crippen MR) is 240 cm³/mol. The Balaban J connectivity index is 0.00000561. The number of sulfonamides is 1. The summed E-state index contributed by atoms with van der Waals surface area (Å²) >= 11 is 12.8. The van der Waals surface area contributed by atoms with Gasteiger partial charge >= 0.3 is 0 Å². The molecule has 0 spiro atoms. The number of hydrogen-bond acceptors (Lipinski definition) is 11. The van der Waals surface area contributed by atoms with Crippen molar-refractivity contribution in [2.24, 2.45) is 0 Å². The van der Waals surface area contributed by atoms with Crippen LogP contribution < -0.4 is 20.3 Å². The summed E-state index contributed by atoms with van der Waals surface area (Å²) in [7, 11) is -3.99. The van der Waals surface area contributed by atoms with Crippen LogP contribution in [-0.4, -0.2) is 131 Å². The van der Waals surface area contributed by atoms with E-state index in [2.05, 4.69) is 25.3 Å². The number of nitrogens with zero attached hydrogens (tertiary/aromatic N) is 5. The van der Waals surface area contributed by atoms with Gasteiger partial charge in [-0.25, -0.2) is 8.42 Å². The molecule has 0 saturated carbocycles. The number of morpholine rings is 1. The Hall–Kier alpha value is -3.02. The summed E-state index contributed by atoms with van der Waals surface area (Å²) in [5.74, 6) is 0.206. The van der Waals surface area contributed by atoms with Gasteiger partial charge in [0.1, 0.15) is 23.2 Å². The molecule has 1 amide bonds. The first-order valence-corrected chi connectivity index (χ1v) is 23.7. The van der Waals surface area contributed by atoms with Crippen LogP contribution in [0.3, 0.4) is 0 Å². The normalized spacial score (nSPS) is 25.9. The van der Waals surface area contributed by atoms with E-state index < -0.39 is 27.8 Å². The Morgan fingerprint density at radius 3 is 1.95 bits per heavy atom. The van der Waals surface area contributed by atoms with Crippen molar-refractivity contribution in [3.05, 3.63) is 87.4 Å². The predicted octanol–water partition coefficient (Wildman–Crippen LogP) is 5.81. The lowest BCUT2D eigenvalue weighted by Crippen LogP contribution is -2.63. The Labute approximate surface area is 376 Å². The van der Waals surface area contributed by atoms with Gasteiger partial charge in [-0.2, -0.15) is 4.31 Å². The number of anilines is 1. The van der Waals surface area contributed by atoms with Crippen molar-refractivity contribution >= 4 is 63.5 Å². The van der Waals surface area contributed by atoms with E-state index in [1.165, 1.54) is 0 Å². The first kappa shape index (κ1) is 46.0. The minimum absolute atomic E-state index is 0. The maximum Gasteiger partial charge on any atom is 0.262 e. The largest absolute Gasteiger partial charge is 0.493 e. The molecule has 61 heavy (non-hydrogen) atoms. The molecule has 17 heteroatoms. The highest BCUT2D eigenvalue weighted by Gasteiger charge is 2.55. The molecule has 5 heterocycles. The summed E-state index contributed by atoms with van der Waals surface area (Å²) in [6.45, 7) is 8.69. The SMILES string of the molecule is CCOc1cc(N2CCCCC2)c(S(=O)(=O)N2CCCCC2)cc1C1(C(=O)N2CCN(C3CN(CC=O)CCO3)CC2)N[C@H](c2ccc(Cl)cc2)[C@H](c2ccc(Cl)cc2)N1.Cl. The van der Waals surface area contributed by atoms with E-state index in [9.17, 15) is 4.79 Å². The van der Waals surface area contributed by atoms with Crippen LogP contribution in [0, 0.1) is 0 Å². The van der Waals surface area contributed by atoms with Gasteiger partial charge in [0.15, 0.2) is 5.66 Å². The third kappa shape index (κ3) is 9.74. The lowest BCUT2D eigenvalue weighted by Gasteiger charge is -2.44. The van der Waals surface area contributed by atoms with Crippen LogP contribution in [0.1, 0.15) is 74.2 Å². The number of piperazine rings is 1. The number of halogens is 3. The van der Waals surface area contributed by atoms with Crippen molar-refractivity contribution in [2.75, 3.05) is 90.1 Å². The molecule has 2 unspecified atom stereocenters. The van der Waals surface area contributed by atoms with Gasteiger partial charge in [-0.1, -0.05) is 53.9 Å². The molecule has 3 aromatic rings. The van der Waals surface area contributed by atoms with Crippen molar-refractivity contribution in [3.8, 4) is 5.75 Å². The number of aldehydes is 1. The summed E-state index contributed by atoms with van der Waals surface area (Å²) in [4.78, 5) is 35.7. The fourth-order valence-electron chi connectivity index (χ4n) is 9.54. The maximum atomic E-state index is 15.8. The molecular weight excluding hydrogens is 861 g/mol. The number of amides is 1. The monoisotopic (exact) mass is 917 g/mol. The van der Waals surface area contributed by atoms with Crippen LogP contribution in [0.4, 0.5) is 5.69 Å². The van der Waals surface area contributed by atoms with E-state index in [-0.39, 0.29) is 29.4 Å². The fraction of sp³-hybridized carbons (Fsp3) is 0.545. The third-order valence-electron chi connectivity index (χ3n) is 12.7. The second-order valence-electron chi connectivity index (χ2n) is 16.4. The van der Waals surface area contributed by atoms with Gasteiger partial charge in [0.05, 0.1) is 37.5 Å². The van der Waals surface area contributed by atoms with E-state index in [0.717, 1.165) is 69.0 Å². The molecule has 332 valence electrons. The van der Waals surface area contributed by atoms with Gasteiger partial charge in [-0.05, 0) is 80.5 Å². The van der Waals surface area contributed by atoms with Crippen LogP contribution >= 0.6 is 35.6 Å². The quantitative estimate of drug-likeness (QED) is 0.214. The van der Waals surface area contributed by atoms with Crippen molar-refractivity contribution in [2.45, 2.75) is 74.3 Å². The zero-order valence-electron chi connectivity index (χ0n) is 34.8. The molecule has 2 N–H and O–H groups in total. The van der Waals surface area contributed by atoms with Gasteiger partial charge in [0.25, 0.3) is 5.91 Å². The minimum atomic E-state index is -3.99. The summed E-state index contributed by atoms with van der Waals surface area (Å²) in [6, 6.07) is 17.8. The number of carbonyl (C=O) groups excluding carboxylic acids is 2. The highest BCUT2D eigenvalue weighted by Crippen LogP contribution is 2.47. The number of rotatable bonds is 12. The summed E-state index contributed by atoms with van der Waals surface area (Å²) in [5, 5.41) is 8.79. The molecule has 3 aromatic carbocycles. The number of ether oxygens (including phenoxy) is 2. The van der Waals surface area contributed by atoms with Crippen LogP contribution in [0.5, 0.6) is 5.75 Å². The van der Waals surface area contributed by atoms with Crippen molar-refractivity contribution in [1.29, 1.82) is 0 Å². The molecule has 0 radical (unpaired) electrons. The van der Waals surface area contributed by atoms with E-state index in [4.69, 9.17) is 32.7 Å². The van der Waals surface area contributed by atoms with E-state index in [0.29, 0.717) is 99.2 Å². The third-order valence-corrected chi connectivity index (χ3v) is 15.2. The molecule has 0 aromatic heterocycles. The molecule has 5 aliphatic heterocycles. The minimum Gasteiger partial charge on any atom is -0.493 e. The molecular formula is C44H58Cl3N7O6S. The van der Waals surface area contributed by atoms with E-state index in [1.54, 1.807) is 10.4 Å². The molecule has 5 saturated heterocycles. The molecule has 13 nitrogen and oxygen atoms in total. The molecule has 5 aliphatic rings. The maximum absolute atomic E-state index is 15.8. The van der Waals surface area contributed by atoms with Crippen LogP contribution in [0.15, 0.2) is 65.6 Å². The van der Waals surface area contributed by atoms with Gasteiger partial charge in [-0.15, -0.1) is 12.4 Å². The standard InChI is InChI=1S/C44H57Cl2N7O6S.ClH/c1-2-58-38-30-37(50-17-5-3-6-18-50)39(60(56,57)53-19-7-4-8-20-53)29-36(38)44(43(55)52-23-21-51(22-24-52)40-31-49(25-27-54)26-28-59-40)47-41(32-9-13-34(45)14-10-32)42(48-44)33-11-15-35(46)16-12-33;/h9-16,27,29-30,40-42,47-48H,2-8,17-26,28,31H2,1H3;1H/t40?,41-,42+,44?;. The van der Waals surface area contributed by atoms with Crippen molar-refractivity contribution in [1.82, 2.24) is 29.6 Å². The van der Waals surface area contributed by atoms with Crippen LogP contribution in [0.25, 0.3) is 0 Å². The average Bonchev–Trinajstić information content (AvgIpc) is 3.69. The van der Waals surface area contributed by atoms with E-state index >= 15 is 13.2 Å². The Morgan fingerprint density at radius 2 is 1.39 bits per heavy atom. The van der Waals surface area contributed by atoms with Gasteiger partial charge in [0, 0.05) is 87.1 Å². The zero-order chi connectivity index (χ0) is 41.9. The highest BCUT2D eigenvalue weighted by molar-refractivity contribution is 7.89. The van der Waals surface area contributed by atoms with Crippen LogP contribution in [-0.2, 0) is 30.0 Å². The smallest absolute Gasteiger partial charge is 0.262 e. The first-order valence-electron chi connectivity index (χ1n) is 21.5. The average molecular weight is 919 g/mol. The second-order valence-corrected chi connectivity index (χ2v) is 19.2. The van der Waals surface area contributed by atoms with E-state index in [1.807, 2.05) is 66.4 Å². The van der Waals surface area contributed by atoms with Gasteiger partial charge in [0.2, 0.25) is 10.0 Å². The summed E-state index contributed by atoms with van der Waals surface area (Å²) in [6.07, 6.45) is 6.32. The summed E-state index contributed by atoms with van der Waals surface area (Å²) < 4.78 is 44.3. The topological polar surface area (TPSA) is 127 Å². The Kier molecular flexibility index (Phi) is 15.2. The number of piperidine rings is 2. The number of carbonyl (C=O) groups is 2. The first-order chi connectivity index (χ1) is 29.1. The van der Waals surface area contributed by atoms with Crippen LogP contribution in [0.2, 0.25) is 10.0 Å². The second kappa shape index (κ2) is 20.2. The van der Waals surface area contributed by atoms with Gasteiger partial charge in [-0.3, -0.25) is 25.2 Å². The summed E-state index contributed by atoms with van der Waals surface area (Å²) in [5.41, 5.74) is 1.18. The Morgan fingerprint density at radius 1 is 0.820 bits per heavy atom. The molecule has 0 aliphatic carbocycles. The molecule has 4 atom stereocenters. The van der Waals surface area contributed by atoms with Gasteiger partial charge < -0.3 is 24.1 Å². The lowest BCUT2D eigenvalue weighted by molar-refractivity contribution is -0.149.